The number of hydrogen-bond acceptors (Lipinski definition) is 5. The number of carbonyl (C=O) groups excluding carboxylic acids is 3. The van der Waals surface area contributed by atoms with Crippen molar-refractivity contribution in [2.24, 2.45) is 0 Å². The molecule has 0 aliphatic carbocycles. The molecule has 1 amide bonds. The summed E-state index contributed by atoms with van der Waals surface area (Å²) in [5.74, 6) is -1.03. The maximum Gasteiger partial charge on any atom is 0.302 e. The fourth-order valence-electron chi connectivity index (χ4n) is 2.46. The van der Waals surface area contributed by atoms with Gasteiger partial charge in [-0.05, 0) is 18.4 Å². The zero-order chi connectivity index (χ0) is 18.0. The first-order chi connectivity index (χ1) is 11.3. The van der Waals surface area contributed by atoms with E-state index in [0.717, 1.165) is 5.56 Å². The normalized spacial score (nSPS) is 12.8. The zero-order valence-corrected chi connectivity index (χ0v) is 14.5. The number of nitrogens with one attached hydrogen (secondary N) is 1. The molecule has 0 heterocycles. The van der Waals surface area contributed by atoms with Gasteiger partial charge in [-0.3, -0.25) is 14.4 Å². The average molecular weight is 335 g/mol. The van der Waals surface area contributed by atoms with Crippen molar-refractivity contribution in [3.8, 4) is 0 Å². The highest BCUT2D eigenvalue weighted by Gasteiger charge is 2.32. The molecule has 0 spiro atoms. The van der Waals surface area contributed by atoms with Crippen LogP contribution in [0.25, 0.3) is 0 Å². The highest BCUT2D eigenvalue weighted by molar-refractivity contribution is 5.74. The van der Waals surface area contributed by atoms with Crippen LogP contribution in [0.2, 0.25) is 0 Å². The summed E-state index contributed by atoms with van der Waals surface area (Å²) in [7, 11) is 0. The maximum absolute atomic E-state index is 11.7. The highest BCUT2D eigenvalue weighted by atomic mass is 16.5. The lowest BCUT2D eigenvalue weighted by atomic mass is 9.88. The predicted molar refractivity (Wildman–Crippen MR) is 89.2 cm³/mol. The number of aryl methyl sites for hydroxylation is 1. The first kappa shape index (κ1) is 19.7. The molecule has 1 aromatic carbocycles. The topological polar surface area (TPSA) is 81.7 Å². The van der Waals surface area contributed by atoms with Crippen LogP contribution in [0.3, 0.4) is 0 Å². The number of rotatable bonds is 9. The van der Waals surface area contributed by atoms with Crippen LogP contribution in [0.1, 0.15) is 39.2 Å². The Morgan fingerprint density at radius 3 is 2.12 bits per heavy atom. The first-order valence-electron chi connectivity index (χ1n) is 7.92. The van der Waals surface area contributed by atoms with Gasteiger partial charge in [0.05, 0.1) is 12.1 Å². The summed E-state index contributed by atoms with van der Waals surface area (Å²) in [6.45, 7) is 4.25. The summed E-state index contributed by atoms with van der Waals surface area (Å²) < 4.78 is 10.2. The Kier molecular flexibility index (Phi) is 7.95. The third-order valence-electron chi connectivity index (χ3n) is 3.61. The van der Waals surface area contributed by atoms with Crippen LogP contribution < -0.4 is 5.32 Å². The minimum absolute atomic E-state index is 0.0377. The lowest BCUT2D eigenvalue weighted by Crippen LogP contribution is -2.52. The highest BCUT2D eigenvalue weighted by Crippen LogP contribution is 2.20. The van der Waals surface area contributed by atoms with Crippen molar-refractivity contribution in [2.45, 2.75) is 45.6 Å². The third kappa shape index (κ3) is 7.76. The Morgan fingerprint density at radius 2 is 1.58 bits per heavy atom. The van der Waals surface area contributed by atoms with E-state index in [1.54, 1.807) is 0 Å². The molecule has 24 heavy (non-hydrogen) atoms. The van der Waals surface area contributed by atoms with Crippen molar-refractivity contribution >= 4 is 17.8 Å². The van der Waals surface area contributed by atoms with E-state index in [9.17, 15) is 14.4 Å². The fraction of sp³-hybridized carbons (Fsp3) is 0.500. The van der Waals surface area contributed by atoms with Crippen LogP contribution in [0.15, 0.2) is 30.3 Å². The fourth-order valence-corrected chi connectivity index (χ4v) is 2.46. The van der Waals surface area contributed by atoms with Gasteiger partial charge in [0.25, 0.3) is 0 Å². The van der Waals surface area contributed by atoms with Crippen molar-refractivity contribution < 1.29 is 23.9 Å². The summed E-state index contributed by atoms with van der Waals surface area (Å²) in [6, 6.07) is 9.82. The van der Waals surface area contributed by atoms with E-state index in [1.165, 1.54) is 20.8 Å². The minimum atomic E-state index is -0.775. The molecular weight excluding hydrogens is 310 g/mol. The Morgan fingerprint density at radius 1 is 0.958 bits per heavy atom. The summed E-state index contributed by atoms with van der Waals surface area (Å²) in [4.78, 5) is 33.9. The van der Waals surface area contributed by atoms with Crippen LogP contribution >= 0.6 is 0 Å². The molecule has 1 unspecified atom stereocenters. The Balaban J connectivity index is 2.86. The molecule has 0 saturated heterocycles. The summed E-state index contributed by atoms with van der Waals surface area (Å²) >= 11 is 0. The van der Waals surface area contributed by atoms with Gasteiger partial charge < -0.3 is 14.8 Å². The molecular formula is C18H25NO5. The molecule has 0 saturated carbocycles. The Labute approximate surface area is 142 Å². The van der Waals surface area contributed by atoms with Gasteiger partial charge >= 0.3 is 11.9 Å². The monoisotopic (exact) mass is 335 g/mol. The molecule has 1 aromatic rings. The predicted octanol–water partition coefficient (Wildman–Crippen LogP) is 2.01. The van der Waals surface area contributed by atoms with Gasteiger partial charge in [-0.2, -0.15) is 0 Å². The van der Waals surface area contributed by atoms with E-state index in [2.05, 4.69) is 5.32 Å². The molecule has 0 aromatic heterocycles. The van der Waals surface area contributed by atoms with Crippen molar-refractivity contribution in [3.63, 3.8) is 0 Å². The van der Waals surface area contributed by atoms with Gasteiger partial charge in [0.2, 0.25) is 5.91 Å². The van der Waals surface area contributed by atoms with Gasteiger partial charge in [0, 0.05) is 27.2 Å². The van der Waals surface area contributed by atoms with E-state index in [0.29, 0.717) is 19.3 Å². The van der Waals surface area contributed by atoms with E-state index in [1.807, 2.05) is 30.3 Å². The van der Waals surface area contributed by atoms with Crippen LogP contribution in [-0.4, -0.2) is 36.6 Å². The number of benzene rings is 1. The van der Waals surface area contributed by atoms with Gasteiger partial charge in [-0.15, -0.1) is 0 Å². The number of hydrogen-bond donors (Lipinski definition) is 1. The SMILES string of the molecule is CC(=O)NC(CCOC(C)=O)(CCc1ccccc1)COC(C)=O. The number of carbonyl (C=O) groups is 3. The molecule has 1 rings (SSSR count). The van der Waals surface area contributed by atoms with Crippen molar-refractivity contribution in [1.29, 1.82) is 0 Å². The van der Waals surface area contributed by atoms with Gasteiger partial charge in [0.1, 0.15) is 6.61 Å². The van der Waals surface area contributed by atoms with E-state index in [-0.39, 0.29) is 25.1 Å². The quantitative estimate of drug-likeness (QED) is 0.698. The molecule has 6 heteroatoms. The molecule has 132 valence electrons. The maximum atomic E-state index is 11.7. The number of ether oxygens (including phenoxy) is 2. The zero-order valence-electron chi connectivity index (χ0n) is 14.5. The Hall–Kier alpha value is -2.37. The lowest BCUT2D eigenvalue weighted by molar-refractivity contribution is -0.147. The van der Waals surface area contributed by atoms with Gasteiger partial charge in [0.15, 0.2) is 0 Å². The summed E-state index contributed by atoms with van der Waals surface area (Å²) in [5.41, 5.74) is 0.338. The second-order valence-corrected chi connectivity index (χ2v) is 5.82. The summed E-state index contributed by atoms with van der Waals surface area (Å²) in [6.07, 6.45) is 1.62. The Bertz CT molecular complexity index is 558. The van der Waals surface area contributed by atoms with Crippen LogP contribution in [0.5, 0.6) is 0 Å². The van der Waals surface area contributed by atoms with Crippen molar-refractivity contribution in [2.75, 3.05) is 13.2 Å². The van der Waals surface area contributed by atoms with Gasteiger partial charge in [-0.25, -0.2) is 0 Å². The van der Waals surface area contributed by atoms with E-state index < -0.39 is 11.5 Å². The van der Waals surface area contributed by atoms with Crippen LogP contribution in [-0.2, 0) is 30.3 Å². The molecule has 0 aliphatic heterocycles. The van der Waals surface area contributed by atoms with Gasteiger partial charge in [-0.1, -0.05) is 30.3 Å². The lowest BCUT2D eigenvalue weighted by Gasteiger charge is -2.34. The van der Waals surface area contributed by atoms with E-state index in [4.69, 9.17) is 9.47 Å². The number of amides is 1. The first-order valence-corrected chi connectivity index (χ1v) is 7.92. The third-order valence-corrected chi connectivity index (χ3v) is 3.61. The van der Waals surface area contributed by atoms with E-state index >= 15 is 0 Å². The molecule has 0 fully saturated rings. The minimum Gasteiger partial charge on any atom is -0.466 e. The molecule has 0 bridgehead atoms. The molecule has 1 N–H and O–H groups in total. The second kappa shape index (κ2) is 9.70. The molecule has 1 atom stereocenters. The van der Waals surface area contributed by atoms with Crippen molar-refractivity contribution in [3.05, 3.63) is 35.9 Å². The largest absolute Gasteiger partial charge is 0.466 e. The van der Waals surface area contributed by atoms with Crippen LogP contribution in [0.4, 0.5) is 0 Å². The van der Waals surface area contributed by atoms with Crippen LogP contribution in [0, 0.1) is 0 Å². The smallest absolute Gasteiger partial charge is 0.302 e. The standard InChI is InChI=1S/C18H25NO5/c1-14(20)19-18(13-24-16(3)22,11-12-23-15(2)21)10-9-17-7-5-4-6-8-17/h4-8H,9-13H2,1-3H3,(H,19,20). The molecule has 0 aliphatic rings. The van der Waals surface area contributed by atoms with Crippen molar-refractivity contribution in [1.82, 2.24) is 5.32 Å². The number of esters is 2. The summed E-state index contributed by atoms with van der Waals surface area (Å²) in [5, 5.41) is 2.89. The molecule has 6 nitrogen and oxygen atoms in total. The molecule has 0 radical (unpaired) electrons. The second-order valence-electron chi connectivity index (χ2n) is 5.82. The average Bonchev–Trinajstić information content (AvgIpc) is 2.51.